The second kappa shape index (κ2) is 10.8. The normalized spacial score (nSPS) is 10.6. The van der Waals surface area contributed by atoms with Gasteiger partial charge in [0.2, 0.25) is 5.91 Å². The first-order valence-electron chi connectivity index (χ1n) is 11.0. The molecule has 0 aliphatic rings. The lowest BCUT2D eigenvalue weighted by Crippen LogP contribution is -2.40. The van der Waals surface area contributed by atoms with Gasteiger partial charge in [-0.3, -0.25) is 4.79 Å². The summed E-state index contributed by atoms with van der Waals surface area (Å²) in [5.41, 5.74) is 2.30. The number of nitrogens with one attached hydrogen (secondary N) is 2. The Hall–Kier alpha value is -4.17. The molecule has 9 heteroatoms. The van der Waals surface area contributed by atoms with Crippen LogP contribution in [0, 0.1) is 5.82 Å². The predicted molar refractivity (Wildman–Crippen MR) is 135 cm³/mol. The smallest absolute Gasteiger partial charge is 0.315 e. The van der Waals surface area contributed by atoms with Crippen molar-refractivity contribution in [1.29, 1.82) is 0 Å². The number of hydrogen-bond donors (Lipinski definition) is 2. The topological polar surface area (TPSA) is 79.3 Å². The van der Waals surface area contributed by atoms with E-state index in [-0.39, 0.29) is 18.8 Å². The van der Waals surface area contributed by atoms with Crippen molar-refractivity contribution in [3.05, 3.63) is 95.8 Å². The molecule has 0 saturated carbocycles. The van der Waals surface area contributed by atoms with Gasteiger partial charge < -0.3 is 15.5 Å². The molecule has 0 fully saturated rings. The molecule has 4 aromatic rings. The highest BCUT2D eigenvalue weighted by atomic mass is 35.5. The fourth-order valence-corrected chi connectivity index (χ4v) is 3.57. The second-order valence-electron chi connectivity index (χ2n) is 7.64. The van der Waals surface area contributed by atoms with E-state index in [1.165, 1.54) is 23.1 Å². The van der Waals surface area contributed by atoms with Crippen LogP contribution in [0.25, 0.3) is 16.9 Å². The quantitative estimate of drug-likeness (QED) is 0.341. The fourth-order valence-electron chi connectivity index (χ4n) is 3.44. The Labute approximate surface area is 207 Å². The van der Waals surface area contributed by atoms with Crippen molar-refractivity contribution in [1.82, 2.24) is 14.7 Å². The summed E-state index contributed by atoms with van der Waals surface area (Å²) in [6.45, 7) is 1.75. The largest absolute Gasteiger partial charge is 0.322 e. The number of carbonyl (C=O) groups is 2. The molecule has 4 rings (SSSR count). The van der Waals surface area contributed by atoms with E-state index in [9.17, 15) is 14.0 Å². The van der Waals surface area contributed by atoms with Gasteiger partial charge in [-0.15, -0.1) is 0 Å². The van der Waals surface area contributed by atoms with Crippen molar-refractivity contribution >= 4 is 35.0 Å². The van der Waals surface area contributed by atoms with E-state index in [1.807, 2.05) is 30.3 Å². The Bertz CT molecular complexity index is 1330. The van der Waals surface area contributed by atoms with Gasteiger partial charge in [-0.05, 0) is 43.3 Å². The van der Waals surface area contributed by atoms with Gasteiger partial charge in [0.15, 0.2) is 0 Å². The van der Waals surface area contributed by atoms with Crippen LogP contribution in [-0.4, -0.2) is 39.7 Å². The fraction of sp³-hybridized carbons (Fsp3) is 0.115. The third-order valence-corrected chi connectivity index (χ3v) is 5.49. The van der Waals surface area contributed by atoms with Crippen LogP contribution < -0.4 is 10.6 Å². The van der Waals surface area contributed by atoms with Gasteiger partial charge in [0.1, 0.15) is 18.2 Å². The van der Waals surface area contributed by atoms with Crippen molar-refractivity contribution in [2.75, 3.05) is 23.7 Å². The molecule has 35 heavy (non-hydrogen) atoms. The van der Waals surface area contributed by atoms with E-state index in [1.54, 1.807) is 48.0 Å². The van der Waals surface area contributed by atoms with Gasteiger partial charge in [0, 0.05) is 23.2 Å². The molecular weight excluding hydrogens is 469 g/mol. The Morgan fingerprint density at radius 1 is 0.971 bits per heavy atom. The highest BCUT2D eigenvalue weighted by Gasteiger charge is 2.19. The number of urea groups is 1. The maximum absolute atomic E-state index is 13.9. The van der Waals surface area contributed by atoms with Gasteiger partial charge in [-0.2, -0.15) is 5.10 Å². The molecule has 0 unspecified atom stereocenters. The number of para-hydroxylation sites is 1. The number of anilines is 2. The minimum absolute atomic E-state index is 0.0460. The Morgan fingerprint density at radius 2 is 1.66 bits per heavy atom. The number of benzene rings is 3. The molecule has 0 aliphatic heterocycles. The number of likely N-dealkylation sites (N-methyl/N-ethyl adjacent to an activating group) is 1. The van der Waals surface area contributed by atoms with Crippen molar-refractivity contribution in [3.63, 3.8) is 0 Å². The number of nitrogens with zero attached hydrogens (tertiary/aromatic N) is 3. The van der Waals surface area contributed by atoms with Crippen LogP contribution in [0.15, 0.2) is 84.9 Å². The van der Waals surface area contributed by atoms with Crippen LogP contribution in [0.5, 0.6) is 0 Å². The van der Waals surface area contributed by atoms with Crippen LogP contribution in [0.1, 0.15) is 6.92 Å². The molecular formula is C26H23ClFN5O2. The first kappa shape index (κ1) is 24.0. The minimum Gasteiger partial charge on any atom is -0.315 e. The molecule has 178 valence electrons. The maximum Gasteiger partial charge on any atom is 0.322 e. The van der Waals surface area contributed by atoms with Crippen LogP contribution in [0.3, 0.4) is 0 Å². The second-order valence-corrected chi connectivity index (χ2v) is 8.08. The van der Waals surface area contributed by atoms with Crippen molar-refractivity contribution in [3.8, 4) is 16.9 Å². The summed E-state index contributed by atoms with van der Waals surface area (Å²) in [7, 11) is 0. The van der Waals surface area contributed by atoms with Crippen molar-refractivity contribution < 1.29 is 14.0 Å². The van der Waals surface area contributed by atoms with E-state index < -0.39 is 17.8 Å². The SMILES string of the molecule is CCN(CC(=O)Nc1cc(-c2ccccc2)nn1-c1ccc(Cl)cc1)C(=O)Nc1ccccc1F. The minimum atomic E-state index is -0.580. The molecule has 0 atom stereocenters. The molecule has 0 aliphatic carbocycles. The van der Waals surface area contributed by atoms with Gasteiger partial charge in [0.25, 0.3) is 0 Å². The van der Waals surface area contributed by atoms with Gasteiger partial charge in [-0.25, -0.2) is 13.9 Å². The molecule has 0 bridgehead atoms. The molecule has 2 N–H and O–H groups in total. The summed E-state index contributed by atoms with van der Waals surface area (Å²) in [6, 6.07) is 23.7. The van der Waals surface area contributed by atoms with Crippen LogP contribution in [0.4, 0.5) is 20.7 Å². The molecule has 1 heterocycles. The molecule has 0 saturated heterocycles. The summed E-state index contributed by atoms with van der Waals surface area (Å²) in [6.07, 6.45) is 0. The van der Waals surface area contributed by atoms with E-state index in [0.717, 1.165) is 5.56 Å². The number of amides is 3. The number of halogens is 2. The molecule has 1 aromatic heterocycles. The zero-order valence-corrected chi connectivity index (χ0v) is 19.7. The van der Waals surface area contributed by atoms with Gasteiger partial charge in [-0.1, -0.05) is 54.1 Å². The average Bonchev–Trinajstić information content (AvgIpc) is 3.28. The molecule has 3 amide bonds. The highest BCUT2D eigenvalue weighted by Crippen LogP contribution is 2.25. The van der Waals surface area contributed by atoms with Crippen molar-refractivity contribution in [2.24, 2.45) is 0 Å². The number of rotatable bonds is 7. The molecule has 0 spiro atoms. The third kappa shape index (κ3) is 5.85. The molecule has 3 aromatic carbocycles. The summed E-state index contributed by atoms with van der Waals surface area (Å²) in [5.74, 6) is -0.548. The average molecular weight is 492 g/mol. The zero-order chi connectivity index (χ0) is 24.8. The predicted octanol–water partition coefficient (Wildman–Crippen LogP) is 5.82. The van der Waals surface area contributed by atoms with Crippen LogP contribution >= 0.6 is 11.6 Å². The standard InChI is InChI=1S/C26H23ClFN5O2/c1-2-32(26(35)29-22-11-7-6-10-21(22)28)17-25(34)30-24-16-23(18-8-4-3-5-9-18)31-33(24)20-14-12-19(27)13-15-20/h3-16H,2,17H2,1H3,(H,29,35)(H,30,34). The highest BCUT2D eigenvalue weighted by molar-refractivity contribution is 6.30. The number of hydrogen-bond acceptors (Lipinski definition) is 3. The summed E-state index contributed by atoms with van der Waals surface area (Å²) < 4.78 is 15.5. The van der Waals surface area contributed by atoms with Crippen molar-refractivity contribution in [2.45, 2.75) is 6.92 Å². The first-order chi connectivity index (χ1) is 16.9. The van der Waals surface area contributed by atoms with Gasteiger partial charge in [0.05, 0.1) is 17.1 Å². The molecule has 7 nitrogen and oxygen atoms in total. The summed E-state index contributed by atoms with van der Waals surface area (Å²) in [4.78, 5) is 26.8. The third-order valence-electron chi connectivity index (χ3n) is 5.24. The first-order valence-corrected chi connectivity index (χ1v) is 11.3. The number of aromatic nitrogens is 2. The Morgan fingerprint density at radius 3 is 2.34 bits per heavy atom. The lowest BCUT2D eigenvalue weighted by Gasteiger charge is -2.21. The molecule has 0 radical (unpaired) electrons. The van der Waals surface area contributed by atoms with E-state index in [2.05, 4.69) is 15.7 Å². The zero-order valence-electron chi connectivity index (χ0n) is 18.9. The maximum atomic E-state index is 13.9. The van der Waals surface area contributed by atoms with Crippen LogP contribution in [-0.2, 0) is 4.79 Å². The summed E-state index contributed by atoms with van der Waals surface area (Å²) >= 11 is 6.03. The van der Waals surface area contributed by atoms with E-state index in [4.69, 9.17) is 11.6 Å². The number of carbonyl (C=O) groups excluding carboxylic acids is 2. The van der Waals surface area contributed by atoms with Crippen LogP contribution in [0.2, 0.25) is 5.02 Å². The monoisotopic (exact) mass is 491 g/mol. The Kier molecular flexibility index (Phi) is 7.42. The van der Waals surface area contributed by atoms with E-state index >= 15 is 0 Å². The Balaban J connectivity index is 1.54. The van der Waals surface area contributed by atoms with E-state index in [0.29, 0.717) is 22.2 Å². The van der Waals surface area contributed by atoms with Gasteiger partial charge >= 0.3 is 6.03 Å². The lowest BCUT2D eigenvalue weighted by atomic mass is 10.1. The lowest BCUT2D eigenvalue weighted by molar-refractivity contribution is -0.116. The summed E-state index contributed by atoms with van der Waals surface area (Å²) in [5, 5.41) is 10.6.